The van der Waals surface area contributed by atoms with Crippen molar-refractivity contribution in [2.45, 2.75) is 32.4 Å². The third-order valence-electron chi connectivity index (χ3n) is 2.29. The second-order valence-electron chi connectivity index (χ2n) is 5.27. The van der Waals surface area contributed by atoms with E-state index < -0.39 is 29.2 Å². The van der Waals surface area contributed by atoms with E-state index in [0.29, 0.717) is 5.56 Å². The molecule has 0 radical (unpaired) electrons. The maximum absolute atomic E-state index is 11.7. The normalized spacial score (nSPS) is 12.6. The number of nitrogens with zero attached hydrogens (tertiary/aromatic N) is 1. The minimum Gasteiger partial charge on any atom is -0.444 e. The number of ether oxygens (including phenoxy) is 1. The molecule has 1 amide bonds. The number of carbonyl (C=O) groups is 1. The summed E-state index contributed by atoms with van der Waals surface area (Å²) in [5.41, 5.74) is -0.000984. The van der Waals surface area contributed by atoms with Gasteiger partial charge in [-0.1, -0.05) is 28.1 Å². The standard InChI is InChI=1S/C13H17BrN2O4/c1-13(2,3)20-12(17)15-11(8-16(18)19)9-4-6-10(14)7-5-9/h4-7,11H,8H2,1-3H3,(H,15,17)/t11-/m0/s1. The Morgan fingerprint density at radius 1 is 1.40 bits per heavy atom. The molecule has 1 aromatic rings. The van der Waals surface area contributed by atoms with E-state index in [0.717, 1.165) is 4.47 Å². The highest BCUT2D eigenvalue weighted by atomic mass is 79.9. The summed E-state index contributed by atoms with van der Waals surface area (Å²) in [5.74, 6) is 0. The summed E-state index contributed by atoms with van der Waals surface area (Å²) < 4.78 is 5.97. The zero-order valence-electron chi connectivity index (χ0n) is 11.6. The van der Waals surface area contributed by atoms with Gasteiger partial charge in [0.15, 0.2) is 0 Å². The van der Waals surface area contributed by atoms with Crippen LogP contribution in [0, 0.1) is 10.1 Å². The molecule has 0 saturated carbocycles. The van der Waals surface area contributed by atoms with Gasteiger partial charge in [0.05, 0.1) is 0 Å². The van der Waals surface area contributed by atoms with E-state index in [1.807, 2.05) is 0 Å². The van der Waals surface area contributed by atoms with Gasteiger partial charge in [-0.05, 0) is 38.5 Å². The average Bonchev–Trinajstić information content (AvgIpc) is 2.25. The van der Waals surface area contributed by atoms with E-state index in [1.54, 1.807) is 45.0 Å². The third kappa shape index (κ3) is 6.01. The van der Waals surface area contributed by atoms with Crippen LogP contribution in [0.25, 0.3) is 0 Å². The molecule has 0 spiro atoms. The molecule has 1 rings (SSSR count). The van der Waals surface area contributed by atoms with Crippen molar-refractivity contribution in [1.29, 1.82) is 0 Å². The van der Waals surface area contributed by atoms with E-state index >= 15 is 0 Å². The Morgan fingerprint density at radius 2 is 1.95 bits per heavy atom. The number of hydrogen-bond donors (Lipinski definition) is 1. The highest BCUT2D eigenvalue weighted by Crippen LogP contribution is 2.18. The van der Waals surface area contributed by atoms with Crippen molar-refractivity contribution in [3.63, 3.8) is 0 Å². The summed E-state index contributed by atoms with van der Waals surface area (Å²) in [5, 5.41) is 13.2. The Bertz CT molecular complexity index is 482. The minimum atomic E-state index is -0.729. The number of amides is 1. The van der Waals surface area contributed by atoms with Gasteiger partial charge in [-0.15, -0.1) is 0 Å². The van der Waals surface area contributed by atoms with Crippen molar-refractivity contribution >= 4 is 22.0 Å². The first-order chi connectivity index (χ1) is 9.17. The van der Waals surface area contributed by atoms with Crippen molar-refractivity contribution in [2.75, 3.05) is 6.54 Å². The number of rotatable bonds is 4. The van der Waals surface area contributed by atoms with Crippen LogP contribution in [0.15, 0.2) is 28.7 Å². The molecule has 0 aliphatic heterocycles. The second-order valence-corrected chi connectivity index (χ2v) is 6.18. The van der Waals surface area contributed by atoms with Gasteiger partial charge in [0.2, 0.25) is 6.54 Å². The summed E-state index contributed by atoms with van der Waals surface area (Å²) in [6.07, 6.45) is -0.674. The summed E-state index contributed by atoms with van der Waals surface area (Å²) in [4.78, 5) is 22.0. The van der Waals surface area contributed by atoms with Gasteiger partial charge in [0, 0.05) is 9.40 Å². The van der Waals surface area contributed by atoms with E-state index in [-0.39, 0.29) is 0 Å². The Hall–Kier alpha value is -1.63. The first kappa shape index (κ1) is 16.4. The fourth-order valence-electron chi connectivity index (χ4n) is 1.53. The molecule has 0 aliphatic carbocycles. The fraction of sp³-hybridized carbons (Fsp3) is 0.462. The molecule has 6 nitrogen and oxygen atoms in total. The number of hydrogen-bond acceptors (Lipinski definition) is 4. The molecule has 1 atom stereocenters. The predicted octanol–water partition coefficient (Wildman–Crippen LogP) is 3.29. The van der Waals surface area contributed by atoms with Gasteiger partial charge in [0.1, 0.15) is 11.6 Å². The van der Waals surface area contributed by atoms with Crippen molar-refractivity contribution in [2.24, 2.45) is 0 Å². The Kier molecular flexibility index (Phi) is 5.50. The molecule has 20 heavy (non-hydrogen) atoms. The van der Waals surface area contributed by atoms with Crippen molar-refractivity contribution in [1.82, 2.24) is 5.32 Å². The first-order valence-corrected chi connectivity index (χ1v) is 6.83. The number of benzene rings is 1. The summed E-state index contributed by atoms with van der Waals surface area (Å²) in [6, 6.07) is 6.23. The SMILES string of the molecule is CC(C)(C)OC(=O)N[C@@H](C[N+](=O)[O-])c1ccc(Br)cc1. The lowest BCUT2D eigenvalue weighted by Crippen LogP contribution is -2.37. The van der Waals surface area contributed by atoms with Gasteiger partial charge in [-0.25, -0.2) is 4.79 Å². The minimum absolute atomic E-state index is 0.402. The molecule has 7 heteroatoms. The zero-order valence-corrected chi connectivity index (χ0v) is 13.1. The lowest BCUT2D eigenvalue weighted by atomic mass is 10.1. The highest BCUT2D eigenvalue weighted by molar-refractivity contribution is 9.10. The molecule has 110 valence electrons. The molecule has 0 aliphatic rings. The first-order valence-electron chi connectivity index (χ1n) is 6.04. The fourth-order valence-corrected chi connectivity index (χ4v) is 1.79. The van der Waals surface area contributed by atoms with Crippen LogP contribution in [0.1, 0.15) is 32.4 Å². The highest BCUT2D eigenvalue weighted by Gasteiger charge is 2.23. The number of alkyl carbamates (subject to hydrolysis) is 1. The molecule has 0 bridgehead atoms. The number of carbonyl (C=O) groups excluding carboxylic acids is 1. The molecule has 0 saturated heterocycles. The van der Waals surface area contributed by atoms with Crippen molar-refractivity contribution < 1.29 is 14.5 Å². The molecule has 0 fully saturated rings. The van der Waals surface area contributed by atoms with Crippen molar-refractivity contribution in [3.05, 3.63) is 44.4 Å². The van der Waals surface area contributed by atoms with Crippen LogP contribution in [0.4, 0.5) is 4.79 Å². The van der Waals surface area contributed by atoms with E-state index in [9.17, 15) is 14.9 Å². The Labute approximate surface area is 125 Å². The lowest BCUT2D eigenvalue weighted by Gasteiger charge is -2.22. The van der Waals surface area contributed by atoms with Crippen LogP contribution < -0.4 is 5.32 Å². The van der Waals surface area contributed by atoms with Gasteiger partial charge in [0.25, 0.3) is 0 Å². The smallest absolute Gasteiger partial charge is 0.408 e. The van der Waals surface area contributed by atoms with E-state index in [4.69, 9.17) is 4.74 Å². The third-order valence-corrected chi connectivity index (χ3v) is 2.82. The maximum atomic E-state index is 11.7. The monoisotopic (exact) mass is 344 g/mol. The molecule has 0 unspecified atom stereocenters. The number of halogens is 1. The molecular weight excluding hydrogens is 328 g/mol. The van der Waals surface area contributed by atoms with Crippen molar-refractivity contribution in [3.8, 4) is 0 Å². The predicted molar refractivity (Wildman–Crippen MR) is 78.1 cm³/mol. The maximum Gasteiger partial charge on any atom is 0.408 e. The molecule has 0 heterocycles. The van der Waals surface area contributed by atoms with Gasteiger partial charge < -0.3 is 10.1 Å². The van der Waals surface area contributed by atoms with Crippen LogP contribution in [0.2, 0.25) is 0 Å². The number of nitrogens with one attached hydrogen (secondary N) is 1. The summed E-state index contributed by atoms with van der Waals surface area (Å²) in [6.45, 7) is 4.79. The molecule has 1 N–H and O–H groups in total. The van der Waals surface area contributed by atoms with Crippen LogP contribution in [0.3, 0.4) is 0 Å². The Morgan fingerprint density at radius 3 is 2.40 bits per heavy atom. The topological polar surface area (TPSA) is 81.5 Å². The van der Waals surface area contributed by atoms with Gasteiger partial charge in [-0.3, -0.25) is 10.1 Å². The molecular formula is C13H17BrN2O4. The van der Waals surface area contributed by atoms with Crippen LogP contribution in [-0.4, -0.2) is 23.2 Å². The Balaban J connectivity index is 2.82. The van der Waals surface area contributed by atoms with Gasteiger partial charge >= 0.3 is 6.09 Å². The average molecular weight is 345 g/mol. The largest absolute Gasteiger partial charge is 0.444 e. The van der Waals surface area contributed by atoms with Crippen LogP contribution in [-0.2, 0) is 4.74 Å². The molecule has 0 aromatic heterocycles. The summed E-state index contributed by atoms with van der Waals surface area (Å²) in [7, 11) is 0. The van der Waals surface area contributed by atoms with Crippen LogP contribution in [0.5, 0.6) is 0 Å². The lowest BCUT2D eigenvalue weighted by molar-refractivity contribution is -0.484. The van der Waals surface area contributed by atoms with Crippen LogP contribution >= 0.6 is 15.9 Å². The summed E-state index contributed by atoms with van der Waals surface area (Å²) >= 11 is 3.29. The van der Waals surface area contributed by atoms with E-state index in [1.165, 1.54) is 0 Å². The quantitative estimate of drug-likeness (QED) is 0.671. The van der Waals surface area contributed by atoms with Gasteiger partial charge in [-0.2, -0.15) is 0 Å². The second kappa shape index (κ2) is 6.69. The zero-order chi connectivity index (χ0) is 15.3. The number of nitro groups is 1. The van der Waals surface area contributed by atoms with E-state index in [2.05, 4.69) is 21.2 Å². The molecule has 1 aromatic carbocycles.